The van der Waals surface area contributed by atoms with Gasteiger partial charge in [0, 0.05) is 38.4 Å². The van der Waals surface area contributed by atoms with Gasteiger partial charge in [0.25, 0.3) is 5.91 Å². The second-order valence-corrected chi connectivity index (χ2v) is 5.22. The molecular weight excluding hydrogens is 324 g/mol. The summed E-state index contributed by atoms with van der Waals surface area (Å²) in [5.41, 5.74) is 0.959. The highest BCUT2D eigenvalue weighted by molar-refractivity contribution is 5.95. The lowest BCUT2D eigenvalue weighted by molar-refractivity contribution is -0.120. The largest absolute Gasteiger partial charge is 0.383 e. The second-order valence-electron chi connectivity index (χ2n) is 5.22. The van der Waals surface area contributed by atoms with Gasteiger partial charge >= 0.3 is 0 Å². The number of rotatable bonds is 10. The predicted molar refractivity (Wildman–Crippen MR) is 92.0 cm³/mol. The maximum absolute atomic E-state index is 12.0. The molecule has 0 unspecified atom stereocenters. The third-order valence-electron chi connectivity index (χ3n) is 3.32. The van der Waals surface area contributed by atoms with Gasteiger partial charge in [-0.2, -0.15) is 0 Å². The molecule has 2 aromatic rings. The van der Waals surface area contributed by atoms with Crippen LogP contribution in [-0.4, -0.2) is 56.9 Å². The lowest BCUT2D eigenvalue weighted by Gasteiger charge is -2.07. The number of ether oxygens (including phenoxy) is 1. The molecule has 0 atom stereocenters. The fraction of sp³-hybridized carbons (Fsp3) is 0.353. The zero-order valence-electron chi connectivity index (χ0n) is 14.1. The molecule has 0 spiro atoms. The predicted octanol–water partition coefficient (Wildman–Crippen LogP) is 0.424. The summed E-state index contributed by atoms with van der Waals surface area (Å²) >= 11 is 0. The third-order valence-corrected chi connectivity index (χ3v) is 3.32. The molecule has 3 N–H and O–H groups in total. The van der Waals surface area contributed by atoms with Crippen molar-refractivity contribution in [3.63, 3.8) is 0 Å². The number of methoxy groups -OCH3 is 1. The average Bonchev–Trinajstić information content (AvgIpc) is 3.13. The summed E-state index contributed by atoms with van der Waals surface area (Å²) in [4.78, 5) is 23.7. The molecule has 0 saturated carbocycles. The van der Waals surface area contributed by atoms with Gasteiger partial charge in [-0.1, -0.05) is 35.5 Å². The lowest BCUT2D eigenvalue weighted by Crippen LogP contribution is -2.40. The summed E-state index contributed by atoms with van der Waals surface area (Å²) in [6, 6.07) is 10.9. The molecule has 0 fully saturated rings. The van der Waals surface area contributed by atoms with Crippen molar-refractivity contribution in [3.8, 4) is 11.3 Å². The molecule has 8 heteroatoms. The van der Waals surface area contributed by atoms with Crippen LogP contribution in [0.15, 0.2) is 40.9 Å². The second kappa shape index (κ2) is 10.2. The average molecular weight is 346 g/mol. The van der Waals surface area contributed by atoms with Crippen LogP contribution in [-0.2, 0) is 9.53 Å². The van der Waals surface area contributed by atoms with E-state index in [1.165, 1.54) is 0 Å². The summed E-state index contributed by atoms with van der Waals surface area (Å²) in [5, 5.41) is 12.0. The summed E-state index contributed by atoms with van der Waals surface area (Å²) in [6.07, 6.45) is 0. The standard InChI is InChI=1S/C17H22N4O4/c1-24-10-9-18-7-8-19-16(22)12-20-17(23)14-11-15(25-21-14)13-5-3-2-4-6-13/h2-6,11,18H,7-10,12H2,1H3,(H,19,22)(H,20,23). The van der Waals surface area contributed by atoms with Crippen LogP contribution in [0.25, 0.3) is 11.3 Å². The number of benzene rings is 1. The molecule has 1 heterocycles. The van der Waals surface area contributed by atoms with E-state index in [2.05, 4.69) is 21.1 Å². The van der Waals surface area contributed by atoms with Crippen LogP contribution >= 0.6 is 0 Å². The number of carbonyl (C=O) groups excluding carboxylic acids is 2. The highest BCUT2D eigenvalue weighted by Gasteiger charge is 2.14. The normalized spacial score (nSPS) is 10.4. The Labute approximate surface area is 145 Å². The summed E-state index contributed by atoms with van der Waals surface area (Å²) in [6.45, 7) is 2.32. The first-order valence-corrected chi connectivity index (χ1v) is 7.97. The zero-order chi connectivity index (χ0) is 17.9. The maximum Gasteiger partial charge on any atom is 0.273 e. The molecule has 2 rings (SSSR count). The number of aromatic nitrogens is 1. The molecule has 2 amide bonds. The van der Waals surface area contributed by atoms with Gasteiger partial charge in [-0.05, 0) is 0 Å². The molecule has 134 valence electrons. The third kappa shape index (κ3) is 6.36. The molecule has 0 aliphatic rings. The Morgan fingerprint density at radius 1 is 1.12 bits per heavy atom. The first-order valence-electron chi connectivity index (χ1n) is 7.97. The van der Waals surface area contributed by atoms with Gasteiger partial charge in [0.2, 0.25) is 5.91 Å². The van der Waals surface area contributed by atoms with Crippen molar-refractivity contribution >= 4 is 11.8 Å². The Kier molecular flexibility index (Phi) is 7.61. The number of nitrogens with zero attached hydrogens (tertiary/aromatic N) is 1. The fourth-order valence-electron chi connectivity index (χ4n) is 2.02. The zero-order valence-corrected chi connectivity index (χ0v) is 14.1. The molecule has 1 aromatic carbocycles. The van der Waals surface area contributed by atoms with E-state index in [1.807, 2.05) is 30.3 Å². The number of hydrogen-bond donors (Lipinski definition) is 3. The van der Waals surface area contributed by atoms with Crippen LogP contribution in [0.4, 0.5) is 0 Å². The highest BCUT2D eigenvalue weighted by Crippen LogP contribution is 2.19. The van der Waals surface area contributed by atoms with Gasteiger partial charge in [0.1, 0.15) is 0 Å². The van der Waals surface area contributed by atoms with Gasteiger partial charge in [0.15, 0.2) is 11.5 Å². The quantitative estimate of drug-likeness (QED) is 0.539. The molecule has 1 aromatic heterocycles. The van der Waals surface area contributed by atoms with Gasteiger partial charge in [-0.15, -0.1) is 0 Å². The van der Waals surface area contributed by atoms with Crippen molar-refractivity contribution in [3.05, 3.63) is 42.1 Å². The van der Waals surface area contributed by atoms with Gasteiger partial charge in [-0.25, -0.2) is 0 Å². The minimum atomic E-state index is -0.459. The summed E-state index contributed by atoms with van der Waals surface area (Å²) in [5.74, 6) is -0.231. The Bertz CT molecular complexity index is 672. The summed E-state index contributed by atoms with van der Waals surface area (Å²) in [7, 11) is 1.63. The van der Waals surface area contributed by atoms with Gasteiger partial charge in [0.05, 0.1) is 13.2 Å². The van der Waals surface area contributed by atoms with Crippen LogP contribution in [0.1, 0.15) is 10.5 Å². The Balaban J connectivity index is 1.70. The molecule has 0 bridgehead atoms. The van der Waals surface area contributed by atoms with E-state index >= 15 is 0 Å². The molecular formula is C17H22N4O4. The van der Waals surface area contributed by atoms with Crippen LogP contribution in [0.3, 0.4) is 0 Å². The van der Waals surface area contributed by atoms with Crippen molar-refractivity contribution in [1.29, 1.82) is 0 Å². The topological polar surface area (TPSA) is 105 Å². The number of nitrogens with one attached hydrogen (secondary N) is 3. The van der Waals surface area contributed by atoms with E-state index in [-0.39, 0.29) is 18.1 Å². The summed E-state index contributed by atoms with van der Waals surface area (Å²) < 4.78 is 10.1. The maximum atomic E-state index is 12.0. The van der Waals surface area contributed by atoms with E-state index in [0.29, 0.717) is 25.5 Å². The fourth-order valence-corrected chi connectivity index (χ4v) is 2.02. The molecule has 0 radical (unpaired) electrons. The minimum absolute atomic E-state index is 0.121. The van der Waals surface area contributed by atoms with E-state index in [9.17, 15) is 9.59 Å². The number of amides is 2. The van der Waals surface area contributed by atoms with Crippen molar-refractivity contribution in [2.45, 2.75) is 0 Å². The molecule has 25 heavy (non-hydrogen) atoms. The SMILES string of the molecule is COCCNCCNC(=O)CNC(=O)c1cc(-c2ccccc2)on1. The molecule has 0 aliphatic heterocycles. The smallest absolute Gasteiger partial charge is 0.273 e. The van der Waals surface area contributed by atoms with E-state index in [0.717, 1.165) is 12.1 Å². The Morgan fingerprint density at radius 2 is 1.92 bits per heavy atom. The van der Waals surface area contributed by atoms with Gasteiger partial charge in [-0.3, -0.25) is 9.59 Å². The lowest BCUT2D eigenvalue weighted by atomic mass is 10.1. The molecule has 0 saturated heterocycles. The highest BCUT2D eigenvalue weighted by atomic mass is 16.5. The van der Waals surface area contributed by atoms with E-state index < -0.39 is 5.91 Å². The minimum Gasteiger partial charge on any atom is -0.383 e. The van der Waals surface area contributed by atoms with Crippen LogP contribution in [0.2, 0.25) is 0 Å². The first-order chi connectivity index (χ1) is 12.2. The Morgan fingerprint density at radius 3 is 2.68 bits per heavy atom. The number of hydrogen-bond acceptors (Lipinski definition) is 6. The van der Waals surface area contributed by atoms with E-state index in [1.54, 1.807) is 13.2 Å². The van der Waals surface area contributed by atoms with Crippen molar-refractivity contribution in [1.82, 2.24) is 21.1 Å². The Hall–Kier alpha value is -2.71. The van der Waals surface area contributed by atoms with E-state index in [4.69, 9.17) is 9.26 Å². The molecule has 0 aliphatic carbocycles. The van der Waals surface area contributed by atoms with Crippen molar-refractivity contribution < 1.29 is 18.8 Å². The monoisotopic (exact) mass is 346 g/mol. The van der Waals surface area contributed by atoms with Crippen LogP contribution in [0.5, 0.6) is 0 Å². The van der Waals surface area contributed by atoms with Crippen molar-refractivity contribution in [2.24, 2.45) is 0 Å². The molecule has 8 nitrogen and oxygen atoms in total. The van der Waals surface area contributed by atoms with Crippen LogP contribution in [0, 0.1) is 0 Å². The van der Waals surface area contributed by atoms with Gasteiger partial charge < -0.3 is 25.2 Å². The number of carbonyl (C=O) groups is 2. The van der Waals surface area contributed by atoms with Crippen LogP contribution < -0.4 is 16.0 Å². The van der Waals surface area contributed by atoms with Crippen molar-refractivity contribution in [2.75, 3.05) is 39.9 Å². The first kappa shape index (κ1) is 18.6.